The number of hydrogen-bond donors (Lipinski definition) is 1. The number of carbonyl (C=O) groups is 2. The molecule has 11 heteroatoms. The van der Waals surface area contributed by atoms with Crippen molar-refractivity contribution in [2.24, 2.45) is 0 Å². The van der Waals surface area contributed by atoms with Gasteiger partial charge in [0.1, 0.15) is 0 Å². The van der Waals surface area contributed by atoms with E-state index in [-0.39, 0.29) is 22.8 Å². The number of aromatic nitrogens is 2. The van der Waals surface area contributed by atoms with E-state index in [1.807, 2.05) is 0 Å². The first-order valence-electron chi connectivity index (χ1n) is 9.54. The Balaban J connectivity index is 1.73. The van der Waals surface area contributed by atoms with Gasteiger partial charge in [0.2, 0.25) is 0 Å². The number of esters is 1. The summed E-state index contributed by atoms with van der Waals surface area (Å²) in [6.07, 6.45) is 1.63. The molecule has 10 nitrogen and oxygen atoms in total. The topological polar surface area (TPSA) is 120 Å². The number of amides is 1. The first-order valence-corrected chi connectivity index (χ1v) is 11.0. The predicted molar refractivity (Wildman–Crippen MR) is 116 cm³/mol. The smallest absolute Gasteiger partial charge is 0.358 e. The minimum absolute atomic E-state index is 0.0686. The highest BCUT2D eigenvalue weighted by Crippen LogP contribution is 2.18. The molecule has 3 aromatic rings. The quantitative estimate of drug-likeness (QED) is 0.407. The second-order valence-electron chi connectivity index (χ2n) is 6.49. The number of carbonyl (C=O) groups excluding carboxylic acids is 2. The molecule has 0 saturated heterocycles. The van der Waals surface area contributed by atoms with Crippen LogP contribution in [-0.2, 0) is 19.6 Å². The van der Waals surface area contributed by atoms with Gasteiger partial charge >= 0.3 is 5.97 Å². The summed E-state index contributed by atoms with van der Waals surface area (Å²) in [4.78, 5) is 29.0. The van der Waals surface area contributed by atoms with Gasteiger partial charge in [-0.1, -0.05) is 10.5 Å². The Morgan fingerprint density at radius 3 is 2.50 bits per heavy atom. The SMILES string of the molecule is CCOC(=O)c1ccn(-c2ccc(NC(=O)c3cccc(S(=O)(=O)N(C)OC)c3)cc2)n1. The zero-order chi connectivity index (χ0) is 23.3. The molecule has 0 unspecified atom stereocenters. The Kier molecular flexibility index (Phi) is 7.03. The molecule has 0 aliphatic rings. The lowest BCUT2D eigenvalue weighted by molar-refractivity contribution is -0.0258. The van der Waals surface area contributed by atoms with Crippen LogP contribution in [0, 0.1) is 0 Å². The molecule has 168 valence electrons. The normalized spacial score (nSPS) is 11.4. The average Bonchev–Trinajstić information content (AvgIpc) is 3.29. The van der Waals surface area contributed by atoms with Gasteiger partial charge in [-0.3, -0.25) is 9.63 Å². The molecule has 1 N–H and O–H groups in total. The summed E-state index contributed by atoms with van der Waals surface area (Å²) in [6, 6.07) is 14.0. The summed E-state index contributed by atoms with van der Waals surface area (Å²) in [6.45, 7) is 1.98. The summed E-state index contributed by atoms with van der Waals surface area (Å²) in [5, 5.41) is 6.89. The molecule has 3 rings (SSSR count). The van der Waals surface area contributed by atoms with Crippen molar-refractivity contribution in [1.29, 1.82) is 0 Å². The van der Waals surface area contributed by atoms with E-state index < -0.39 is 21.9 Å². The van der Waals surface area contributed by atoms with E-state index in [4.69, 9.17) is 9.57 Å². The minimum Gasteiger partial charge on any atom is -0.461 e. The Hall–Kier alpha value is -3.54. The molecule has 0 saturated carbocycles. The number of benzene rings is 2. The zero-order valence-electron chi connectivity index (χ0n) is 17.7. The van der Waals surface area contributed by atoms with Crippen LogP contribution in [0.15, 0.2) is 65.7 Å². The van der Waals surface area contributed by atoms with E-state index >= 15 is 0 Å². The van der Waals surface area contributed by atoms with Gasteiger partial charge in [0, 0.05) is 24.5 Å². The number of anilines is 1. The third-order valence-corrected chi connectivity index (χ3v) is 6.13. The third-order valence-electron chi connectivity index (χ3n) is 4.45. The number of hydroxylamine groups is 1. The highest BCUT2D eigenvalue weighted by molar-refractivity contribution is 7.89. The van der Waals surface area contributed by atoms with Gasteiger partial charge in [-0.25, -0.2) is 17.9 Å². The lowest BCUT2D eigenvalue weighted by atomic mass is 10.2. The first-order chi connectivity index (χ1) is 15.3. The van der Waals surface area contributed by atoms with Crippen molar-refractivity contribution in [1.82, 2.24) is 14.2 Å². The summed E-state index contributed by atoms with van der Waals surface area (Å²) in [7, 11) is -1.38. The molecule has 0 atom stereocenters. The maximum Gasteiger partial charge on any atom is 0.358 e. The van der Waals surface area contributed by atoms with Crippen LogP contribution in [0.2, 0.25) is 0 Å². The van der Waals surface area contributed by atoms with Gasteiger partial charge in [-0.15, -0.1) is 0 Å². The van der Waals surface area contributed by atoms with E-state index in [0.717, 1.165) is 0 Å². The molecular weight excluding hydrogens is 436 g/mol. The summed E-state index contributed by atoms with van der Waals surface area (Å²) in [5.74, 6) is -0.977. The van der Waals surface area contributed by atoms with E-state index in [1.54, 1.807) is 43.5 Å². The molecule has 0 bridgehead atoms. The van der Waals surface area contributed by atoms with E-state index in [0.29, 0.717) is 15.8 Å². The zero-order valence-corrected chi connectivity index (χ0v) is 18.5. The standard InChI is InChI=1S/C21H22N4O6S/c1-4-31-21(27)19-12-13-25(23-19)17-10-8-16(9-11-17)22-20(26)15-6-5-7-18(14-15)32(28,29)24(2)30-3/h5-14H,4H2,1-3H3,(H,22,26). The summed E-state index contributed by atoms with van der Waals surface area (Å²) in [5.41, 5.74) is 1.54. The van der Waals surface area contributed by atoms with Crippen molar-refractivity contribution in [3.05, 3.63) is 72.1 Å². The molecule has 0 fully saturated rings. The summed E-state index contributed by atoms with van der Waals surface area (Å²) >= 11 is 0. The number of nitrogens with zero attached hydrogens (tertiary/aromatic N) is 3. The fourth-order valence-corrected chi connectivity index (χ4v) is 3.75. The Morgan fingerprint density at radius 2 is 1.84 bits per heavy atom. The van der Waals surface area contributed by atoms with Crippen LogP contribution in [0.3, 0.4) is 0 Å². The highest BCUT2D eigenvalue weighted by Gasteiger charge is 2.22. The van der Waals surface area contributed by atoms with Gasteiger partial charge in [0.15, 0.2) is 5.69 Å². The van der Waals surface area contributed by atoms with Crippen LogP contribution < -0.4 is 5.32 Å². The fourth-order valence-electron chi connectivity index (χ4n) is 2.73. The first kappa shape index (κ1) is 23.1. The molecule has 32 heavy (non-hydrogen) atoms. The fraction of sp³-hybridized carbons (Fsp3) is 0.190. The van der Waals surface area contributed by atoms with Crippen molar-refractivity contribution in [2.45, 2.75) is 11.8 Å². The molecule has 1 aromatic heterocycles. The maximum absolute atomic E-state index is 12.6. The summed E-state index contributed by atoms with van der Waals surface area (Å²) < 4.78 is 31.9. The second kappa shape index (κ2) is 9.73. The van der Waals surface area contributed by atoms with Crippen LogP contribution in [0.25, 0.3) is 5.69 Å². The van der Waals surface area contributed by atoms with E-state index in [2.05, 4.69) is 10.4 Å². The van der Waals surface area contributed by atoms with Gasteiger partial charge < -0.3 is 10.1 Å². The molecular formula is C21H22N4O6S. The monoisotopic (exact) mass is 458 g/mol. The number of nitrogens with one attached hydrogen (secondary N) is 1. The number of ether oxygens (including phenoxy) is 1. The Labute approximate surface area is 185 Å². The van der Waals surface area contributed by atoms with Crippen LogP contribution in [0.1, 0.15) is 27.8 Å². The van der Waals surface area contributed by atoms with Crippen LogP contribution in [-0.4, -0.2) is 55.3 Å². The molecule has 0 aliphatic heterocycles. The lowest BCUT2D eigenvalue weighted by Crippen LogP contribution is -2.26. The third kappa shape index (κ3) is 5.02. The molecule has 0 radical (unpaired) electrons. The van der Waals surface area contributed by atoms with Crippen molar-refractivity contribution in [3.8, 4) is 5.69 Å². The lowest BCUT2D eigenvalue weighted by Gasteiger charge is -2.14. The Morgan fingerprint density at radius 1 is 1.12 bits per heavy atom. The number of sulfonamides is 1. The Bertz CT molecular complexity index is 1220. The molecule has 0 spiro atoms. The van der Waals surface area contributed by atoms with Crippen molar-refractivity contribution >= 4 is 27.6 Å². The van der Waals surface area contributed by atoms with E-state index in [9.17, 15) is 18.0 Å². The van der Waals surface area contributed by atoms with Gasteiger partial charge in [0.25, 0.3) is 15.9 Å². The largest absolute Gasteiger partial charge is 0.461 e. The maximum atomic E-state index is 12.6. The highest BCUT2D eigenvalue weighted by atomic mass is 32.2. The van der Waals surface area contributed by atoms with Crippen molar-refractivity contribution in [2.75, 3.05) is 26.1 Å². The van der Waals surface area contributed by atoms with Crippen molar-refractivity contribution < 1.29 is 27.6 Å². The van der Waals surface area contributed by atoms with Gasteiger partial charge in [-0.05, 0) is 55.5 Å². The predicted octanol–water partition coefficient (Wildman–Crippen LogP) is 2.48. The van der Waals surface area contributed by atoms with Crippen LogP contribution in [0.4, 0.5) is 5.69 Å². The second-order valence-corrected chi connectivity index (χ2v) is 8.43. The minimum atomic E-state index is -3.87. The van der Waals surface area contributed by atoms with E-state index in [1.165, 1.54) is 43.1 Å². The molecule has 1 heterocycles. The van der Waals surface area contributed by atoms with Crippen molar-refractivity contribution in [3.63, 3.8) is 0 Å². The number of rotatable bonds is 8. The molecule has 1 amide bonds. The number of hydrogen-bond acceptors (Lipinski definition) is 7. The molecule has 0 aliphatic carbocycles. The van der Waals surface area contributed by atoms with Gasteiger partial charge in [0.05, 0.1) is 24.3 Å². The van der Waals surface area contributed by atoms with Gasteiger partial charge in [-0.2, -0.15) is 5.10 Å². The molecule has 2 aromatic carbocycles. The van der Waals surface area contributed by atoms with Crippen LogP contribution in [0.5, 0.6) is 0 Å². The van der Waals surface area contributed by atoms with Crippen LogP contribution >= 0.6 is 0 Å². The average molecular weight is 458 g/mol.